The Hall–Kier alpha value is -2.63. The van der Waals surface area contributed by atoms with Gasteiger partial charge in [0.05, 0.1) is 17.6 Å². The number of piperidine rings is 1. The molecule has 7 nitrogen and oxygen atoms in total. The lowest BCUT2D eigenvalue weighted by molar-refractivity contribution is -0.199. The Kier molecular flexibility index (Phi) is 8.69. The number of amides is 2. The topological polar surface area (TPSA) is 91.7 Å². The van der Waals surface area contributed by atoms with E-state index >= 15 is 0 Å². The fourth-order valence-corrected chi connectivity index (χ4v) is 7.94. The molecule has 3 aliphatic carbocycles. The van der Waals surface area contributed by atoms with Crippen molar-refractivity contribution in [1.82, 2.24) is 10.2 Å². The van der Waals surface area contributed by atoms with Crippen LogP contribution in [0.5, 0.6) is 0 Å². The first-order chi connectivity index (χ1) is 19.5. The summed E-state index contributed by atoms with van der Waals surface area (Å²) in [7, 11) is -0.503. The molecule has 220 valence electrons. The molecule has 2 bridgehead atoms. The highest BCUT2D eigenvalue weighted by molar-refractivity contribution is 6.48. The van der Waals surface area contributed by atoms with Crippen LogP contribution in [0, 0.1) is 34.5 Å². The Balaban J connectivity index is 1.25. The molecule has 0 radical (unpaired) electrons. The van der Waals surface area contributed by atoms with Gasteiger partial charge in [-0.25, -0.2) is 0 Å². The molecular weight excluding hydrogens is 513 g/mol. The molecule has 2 unspecified atom stereocenters. The van der Waals surface area contributed by atoms with Gasteiger partial charge in [0, 0.05) is 19.0 Å². The van der Waals surface area contributed by atoms with E-state index in [-0.39, 0.29) is 52.4 Å². The molecule has 5 fully saturated rings. The quantitative estimate of drug-likeness (QED) is 0.254. The number of nitrogens with one attached hydrogen (secondary N) is 1. The number of nitrogens with zero attached hydrogens (tertiary/aromatic N) is 2. The van der Waals surface area contributed by atoms with Gasteiger partial charge in [-0.05, 0) is 80.6 Å². The van der Waals surface area contributed by atoms with Crippen molar-refractivity contribution in [3.63, 3.8) is 0 Å². The lowest BCUT2D eigenvalue weighted by atomic mass is 9.43. The van der Waals surface area contributed by atoms with Crippen molar-refractivity contribution in [1.29, 1.82) is 5.26 Å². The monoisotopic (exact) mass is 559 g/mol. The summed E-state index contributed by atoms with van der Waals surface area (Å²) in [6, 6.07) is 12.2. The SMILES string of the molecule is CC(C)C=C(C#N)C(=O)N1CCCCC1CCC(=O)NC(Cc1ccccc1)B1O[C@@H]2C[C@@H]3C[C@@H](C3(C)C)[C@]2(C)O1. The van der Waals surface area contributed by atoms with Gasteiger partial charge >= 0.3 is 7.12 Å². The van der Waals surface area contributed by atoms with Gasteiger partial charge in [0.25, 0.3) is 5.91 Å². The predicted octanol–water partition coefficient (Wildman–Crippen LogP) is 5.25. The summed E-state index contributed by atoms with van der Waals surface area (Å²) >= 11 is 0. The van der Waals surface area contributed by atoms with Crippen LogP contribution in [0.2, 0.25) is 0 Å². The summed E-state index contributed by atoms with van der Waals surface area (Å²) in [5.41, 5.74) is 1.24. The van der Waals surface area contributed by atoms with E-state index in [1.165, 1.54) is 6.42 Å². The van der Waals surface area contributed by atoms with Gasteiger partial charge < -0.3 is 19.5 Å². The molecular formula is C33H46BN3O4. The molecule has 1 aromatic rings. The van der Waals surface area contributed by atoms with Crippen molar-refractivity contribution in [3.05, 3.63) is 47.5 Å². The summed E-state index contributed by atoms with van der Waals surface area (Å²) < 4.78 is 13.3. The Morgan fingerprint density at radius 2 is 1.95 bits per heavy atom. The van der Waals surface area contributed by atoms with Crippen LogP contribution in [-0.4, -0.2) is 54.1 Å². The maximum absolute atomic E-state index is 13.4. The largest absolute Gasteiger partial charge is 0.482 e. The third kappa shape index (κ3) is 5.99. The molecule has 8 heteroatoms. The van der Waals surface area contributed by atoms with Gasteiger partial charge in [-0.3, -0.25) is 9.59 Å². The van der Waals surface area contributed by atoms with Crippen LogP contribution < -0.4 is 5.32 Å². The molecule has 1 N–H and O–H groups in total. The second-order valence-electron chi connectivity index (χ2n) is 13.8. The van der Waals surface area contributed by atoms with Crippen LogP contribution in [0.4, 0.5) is 0 Å². The minimum absolute atomic E-state index is 0.0479. The number of benzene rings is 1. The van der Waals surface area contributed by atoms with Crippen LogP contribution >= 0.6 is 0 Å². The summed E-state index contributed by atoms with van der Waals surface area (Å²) in [4.78, 5) is 28.5. The molecule has 0 aromatic heterocycles. The molecule has 6 atom stereocenters. The standard InChI is InChI=1S/C33H46BN3O4/c1-22(2)17-24(21-35)31(39)37-16-10-9-13-26(37)14-15-30(38)36-29(18-23-11-7-6-8-12-23)34-40-28-20-25-19-27(32(25,3)4)33(28,5)41-34/h6-8,11-12,17,22,25-29H,9-10,13-16,18-20H2,1-5H3,(H,36,38)/t25-,26?,27-,28+,29?,33-/m0/s1. The zero-order valence-corrected chi connectivity index (χ0v) is 25.4. The van der Waals surface area contributed by atoms with Crippen molar-refractivity contribution in [2.45, 2.75) is 110 Å². The molecule has 0 spiro atoms. The van der Waals surface area contributed by atoms with E-state index in [4.69, 9.17) is 9.31 Å². The van der Waals surface area contributed by atoms with Gasteiger partial charge in [0.15, 0.2) is 0 Å². The fourth-order valence-electron chi connectivity index (χ4n) is 7.94. The Bertz CT molecular complexity index is 1190. The van der Waals surface area contributed by atoms with Gasteiger partial charge in [-0.2, -0.15) is 5.26 Å². The van der Waals surface area contributed by atoms with Gasteiger partial charge in [0.1, 0.15) is 11.6 Å². The van der Waals surface area contributed by atoms with Crippen LogP contribution in [0.25, 0.3) is 0 Å². The third-order valence-electron chi connectivity index (χ3n) is 10.4. The molecule has 41 heavy (non-hydrogen) atoms. The highest BCUT2D eigenvalue weighted by atomic mass is 16.7. The number of carbonyl (C=O) groups excluding carboxylic acids is 2. The average molecular weight is 560 g/mol. The van der Waals surface area contributed by atoms with Crippen molar-refractivity contribution in [2.75, 3.05) is 6.54 Å². The number of hydrogen-bond acceptors (Lipinski definition) is 5. The Morgan fingerprint density at radius 3 is 2.63 bits per heavy atom. The zero-order chi connectivity index (χ0) is 29.4. The van der Waals surface area contributed by atoms with Gasteiger partial charge in [-0.1, -0.05) is 64.1 Å². The van der Waals surface area contributed by atoms with E-state index in [1.54, 1.807) is 6.08 Å². The smallest absolute Gasteiger partial charge is 0.404 e. The minimum Gasteiger partial charge on any atom is -0.404 e. The lowest BCUT2D eigenvalue weighted by Gasteiger charge is -2.64. The van der Waals surface area contributed by atoms with Gasteiger partial charge in [0.2, 0.25) is 5.91 Å². The fraction of sp³-hybridized carbons (Fsp3) is 0.667. The summed E-state index contributed by atoms with van der Waals surface area (Å²) in [6.07, 6.45) is 8.26. The lowest BCUT2D eigenvalue weighted by Crippen LogP contribution is -2.65. The van der Waals surface area contributed by atoms with E-state index in [2.05, 4.69) is 44.3 Å². The van der Waals surface area contributed by atoms with Crippen molar-refractivity contribution >= 4 is 18.9 Å². The molecule has 1 aromatic carbocycles. The van der Waals surface area contributed by atoms with E-state index in [1.807, 2.05) is 36.9 Å². The Morgan fingerprint density at radius 1 is 1.20 bits per heavy atom. The third-order valence-corrected chi connectivity index (χ3v) is 10.4. The van der Waals surface area contributed by atoms with Crippen molar-refractivity contribution in [3.8, 4) is 6.07 Å². The number of allylic oxidation sites excluding steroid dienone is 1. The molecule has 5 aliphatic rings. The number of nitriles is 1. The molecule has 6 rings (SSSR count). The maximum Gasteiger partial charge on any atom is 0.482 e. The second-order valence-corrected chi connectivity index (χ2v) is 13.8. The van der Waals surface area contributed by atoms with E-state index < -0.39 is 7.12 Å². The van der Waals surface area contributed by atoms with E-state index in [0.717, 1.165) is 31.2 Å². The van der Waals surface area contributed by atoms with E-state index in [9.17, 15) is 14.9 Å². The van der Waals surface area contributed by atoms with Crippen LogP contribution in [-0.2, 0) is 25.3 Å². The minimum atomic E-state index is -0.503. The molecule has 2 amide bonds. The number of hydrogen-bond donors (Lipinski definition) is 1. The first-order valence-electron chi connectivity index (χ1n) is 15.6. The predicted molar refractivity (Wildman–Crippen MR) is 159 cm³/mol. The second kappa shape index (κ2) is 11.9. The summed E-state index contributed by atoms with van der Waals surface area (Å²) in [6.45, 7) is 11.5. The molecule has 2 heterocycles. The number of carbonyl (C=O) groups is 2. The number of rotatable bonds is 9. The zero-order valence-electron chi connectivity index (χ0n) is 25.4. The van der Waals surface area contributed by atoms with Crippen molar-refractivity contribution in [2.24, 2.45) is 23.2 Å². The van der Waals surface area contributed by atoms with Crippen molar-refractivity contribution < 1.29 is 18.9 Å². The van der Waals surface area contributed by atoms with Crippen LogP contribution in [0.15, 0.2) is 42.0 Å². The van der Waals surface area contributed by atoms with E-state index in [0.29, 0.717) is 37.6 Å². The first-order valence-corrected chi connectivity index (χ1v) is 15.6. The first kappa shape index (κ1) is 29.9. The normalized spacial score (nSPS) is 31.2. The number of likely N-dealkylation sites (tertiary alicyclic amines) is 1. The average Bonchev–Trinajstić information content (AvgIpc) is 3.32. The summed E-state index contributed by atoms with van der Waals surface area (Å²) in [5.74, 6) is 0.656. The van der Waals surface area contributed by atoms with Gasteiger partial charge in [-0.15, -0.1) is 0 Å². The maximum atomic E-state index is 13.4. The molecule has 2 aliphatic heterocycles. The highest BCUT2D eigenvalue weighted by Gasteiger charge is 2.68. The molecule has 3 saturated carbocycles. The summed E-state index contributed by atoms with van der Waals surface area (Å²) in [5, 5.41) is 12.9. The Labute approximate surface area is 246 Å². The van der Waals surface area contributed by atoms with Crippen LogP contribution in [0.3, 0.4) is 0 Å². The highest BCUT2D eigenvalue weighted by Crippen LogP contribution is 2.65. The van der Waals surface area contributed by atoms with Crippen LogP contribution in [0.1, 0.15) is 85.1 Å². The molecule has 2 saturated heterocycles.